The van der Waals surface area contributed by atoms with Crippen LogP contribution in [-0.4, -0.2) is 19.9 Å². The molecule has 0 radical (unpaired) electrons. The zero-order valence-corrected chi connectivity index (χ0v) is 17.7. The molecule has 0 spiro atoms. The summed E-state index contributed by atoms with van der Waals surface area (Å²) < 4.78 is 11.1. The molecule has 0 saturated carbocycles. The molecule has 0 aliphatic carbocycles. The first-order valence-electron chi connectivity index (χ1n) is 9.76. The maximum Gasteiger partial charge on any atom is 0.126 e. The third kappa shape index (κ3) is 4.19. The van der Waals surface area contributed by atoms with Gasteiger partial charge in [-0.3, -0.25) is 5.01 Å². The Morgan fingerprint density at radius 3 is 2.40 bits per heavy atom. The van der Waals surface area contributed by atoms with Gasteiger partial charge in [0.25, 0.3) is 0 Å². The average molecular weight is 419 g/mol. The third-order valence-corrected chi connectivity index (χ3v) is 5.33. The number of rotatable bonds is 6. The van der Waals surface area contributed by atoms with Crippen LogP contribution in [-0.2, 0) is 0 Å². The van der Waals surface area contributed by atoms with Crippen LogP contribution in [0.5, 0.6) is 11.5 Å². The summed E-state index contributed by atoms with van der Waals surface area (Å²) >= 11 is 6.26. The van der Waals surface area contributed by atoms with Crippen molar-refractivity contribution in [2.24, 2.45) is 5.10 Å². The monoisotopic (exact) mass is 418 g/mol. The smallest absolute Gasteiger partial charge is 0.126 e. The number of nitrogens with zero attached hydrogens (tertiary/aromatic N) is 2. The van der Waals surface area contributed by atoms with Crippen molar-refractivity contribution < 1.29 is 9.47 Å². The van der Waals surface area contributed by atoms with E-state index < -0.39 is 0 Å². The maximum absolute atomic E-state index is 6.26. The average Bonchev–Trinajstić information content (AvgIpc) is 3.22. The Morgan fingerprint density at radius 1 is 0.900 bits per heavy atom. The molecule has 1 aliphatic heterocycles. The predicted octanol–water partition coefficient (Wildman–Crippen LogP) is 6.38. The summed E-state index contributed by atoms with van der Waals surface area (Å²) in [4.78, 5) is 0. The second-order valence-electron chi connectivity index (χ2n) is 6.95. The highest BCUT2D eigenvalue weighted by Crippen LogP contribution is 2.40. The molecule has 3 aromatic carbocycles. The van der Waals surface area contributed by atoms with E-state index in [2.05, 4.69) is 6.07 Å². The molecule has 5 heteroatoms. The first kappa shape index (κ1) is 20.0. The van der Waals surface area contributed by atoms with Gasteiger partial charge in [-0.2, -0.15) is 5.10 Å². The molecule has 0 saturated heterocycles. The summed E-state index contributed by atoms with van der Waals surface area (Å²) in [5, 5.41) is 7.61. The van der Waals surface area contributed by atoms with Gasteiger partial charge in [0, 0.05) is 22.6 Å². The molecule has 0 bridgehead atoms. The Kier molecular flexibility index (Phi) is 6.05. The van der Waals surface area contributed by atoms with Crippen molar-refractivity contribution in [1.82, 2.24) is 0 Å². The lowest BCUT2D eigenvalue weighted by atomic mass is 9.99. The number of benzene rings is 3. The Balaban J connectivity index is 1.71. The lowest BCUT2D eigenvalue weighted by molar-refractivity contribution is 0.405. The van der Waals surface area contributed by atoms with Gasteiger partial charge in [0.1, 0.15) is 11.5 Å². The number of hydrazone groups is 1. The topological polar surface area (TPSA) is 34.1 Å². The van der Waals surface area contributed by atoms with Crippen LogP contribution in [0.3, 0.4) is 0 Å². The minimum Gasteiger partial charge on any atom is -0.496 e. The van der Waals surface area contributed by atoms with Gasteiger partial charge in [0.15, 0.2) is 0 Å². The van der Waals surface area contributed by atoms with Crippen molar-refractivity contribution in [3.63, 3.8) is 0 Å². The number of methoxy groups -OCH3 is 2. The Bertz CT molecular complexity index is 1090. The Hall–Kier alpha value is -3.24. The fourth-order valence-corrected chi connectivity index (χ4v) is 3.85. The van der Waals surface area contributed by atoms with E-state index in [1.807, 2.05) is 83.9 Å². The number of hydrogen-bond acceptors (Lipinski definition) is 4. The van der Waals surface area contributed by atoms with Crippen LogP contribution in [0.1, 0.15) is 23.6 Å². The molecular weight excluding hydrogens is 396 g/mol. The number of allylic oxidation sites excluding steroid dienone is 1. The largest absolute Gasteiger partial charge is 0.496 e. The fourth-order valence-electron chi connectivity index (χ4n) is 3.66. The van der Waals surface area contributed by atoms with Crippen LogP contribution >= 0.6 is 11.6 Å². The maximum atomic E-state index is 6.26. The van der Waals surface area contributed by atoms with E-state index in [1.54, 1.807) is 14.2 Å². The van der Waals surface area contributed by atoms with Gasteiger partial charge in [0.05, 0.1) is 31.7 Å². The van der Waals surface area contributed by atoms with Gasteiger partial charge in [0.2, 0.25) is 0 Å². The van der Waals surface area contributed by atoms with Crippen LogP contribution in [0.2, 0.25) is 5.02 Å². The molecule has 4 rings (SSSR count). The fraction of sp³-hybridized carbons (Fsp3) is 0.160. The standard InChI is InChI=1S/C25H23ClN2O2/c1-29-24-12-5-3-8-18(24)14-15-20-17-23(22-11-4-6-13-25(22)30-2)28(27-20)21-10-7-9-19(26)16-21/h3-16,23H,17H2,1-2H3/t23-/m1/s1. The van der Waals surface area contributed by atoms with Crippen LogP contribution in [0.25, 0.3) is 6.08 Å². The van der Waals surface area contributed by atoms with Crippen molar-refractivity contribution >= 4 is 29.1 Å². The van der Waals surface area contributed by atoms with Crippen molar-refractivity contribution in [2.75, 3.05) is 19.2 Å². The first-order valence-corrected chi connectivity index (χ1v) is 10.1. The van der Waals surface area contributed by atoms with E-state index in [9.17, 15) is 0 Å². The molecule has 3 aromatic rings. The Morgan fingerprint density at radius 2 is 1.63 bits per heavy atom. The molecule has 1 heterocycles. The number of halogens is 1. The second-order valence-corrected chi connectivity index (χ2v) is 7.39. The molecule has 152 valence electrons. The van der Waals surface area contributed by atoms with Crippen molar-refractivity contribution in [2.45, 2.75) is 12.5 Å². The molecule has 4 nitrogen and oxygen atoms in total. The first-order chi connectivity index (χ1) is 14.7. The summed E-state index contributed by atoms with van der Waals surface area (Å²) in [5.41, 5.74) is 4.01. The normalized spacial score (nSPS) is 16.0. The summed E-state index contributed by atoms with van der Waals surface area (Å²) in [6.45, 7) is 0. The summed E-state index contributed by atoms with van der Waals surface area (Å²) in [6, 6.07) is 23.8. The van der Waals surface area contributed by atoms with E-state index in [0.717, 1.165) is 40.4 Å². The van der Waals surface area contributed by atoms with Gasteiger partial charge in [-0.05, 0) is 42.5 Å². The predicted molar refractivity (Wildman–Crippen MR) is 124 cm³/mol. The van der Waals surface area contributed by atoms with Crippen LogP contribution in [0.15, 0.2) is 84.0 Å². The number of para-hydroxylation sites is 2. The summed E-state index contributed by atoms with van der Waals surface area (Å²) in [5.74, 6) is 1.68. The zero-order valence-electron chi connectivity index (χ0n) is 17.0. The van der Waals surface area contributed by atoms with E-state index in [4.69, 9.17) is 26.2 Å². The molecule has 0 N–H and O–H groups in total. The quantitative estimate of drug-likeness (QED) is 0.466. The lowest BCUT2D eigenvalue weighted by Gasteiger charge is -2.25. The van der Waals surface area contributed by atoms with Crippen molar-refractivity contribution in [3.05, 3.63) is 95.0 Å². The minimum absolute atomic E-state index is 0.0111. The van der Waals surface area contributed by atoms with Gasteiger partial charge < -0.3 is 9.47 Å². The lowest BCUT2D eigenvalue weighted by Crippen LogP contribution is -2.19. The molecule has 0 fully saturated rings. The number of anilines is 1. The van der Waals surface area contributed by atoms with E-state index in [-0.39, 0.29) is 6.04 Å². The molecule has 0 unspecified atom stereocenters. The number of ether oxygens (including phenoxy) is 2. The van der Waals surface area contributed by atoms with Crippen molar-refractivity contribution in [1.29, 1.82) is 0 Å². The van der Waals surface area contributed by atoms with Gasteiger partial charge in [-0.1, -0.05) is 54.1 Å². The minimum atomic E-state index is 0.0111. The molecule has 0 aromatic heterocycles. The molecular formula is C25H23ClN2O2. The van der Waals surface area contributed by atoms with Crippen LogP contribution in [0, 0.1) is 0 Å². The summed E-state index contributed by atoms with van der Waals surface area (Å²) in [7, 11) is 3.37. The van der Waals surface area contributed by atoms with E-state index in [0.29, 0.717) is 5.02 Å². The van der Waals surface area contributed by atoms with E-state index in [1.165, 1.54) is 0 Å². The van der Waals surface area contributed by atoms with Gasteiger partial charge in [-0.15, -0.1) is 0 Å². The molecule has 30 heavy (non-hydrogen) atoms. The third-order valence-electron chi connectivity index (χ3n) is 5.10. The highest BCUT2D eigenvalue weighted by molar-refractivity contribution is 6.30. The number of hydrogen-bond donors (Lipinski definition) is 0. The second kappa shape index (κ2) is 9.06. The van der Waals surface area contributed by atoms with E-state index >= 15 is 0 Å². The Labute approximate surface area is 182 Å². The highest BCUT2D eigenvalue weighted by Gasteiger charge is 2.30. The van der Waals surface area contributed by atoms with Crippen LogP contribution in [0.4, 0.5) is 5.69 Å². The van der Waals surface area contributed by atoms with Gasteiger partial charge in [-0.25, -0.2) is 0 Å². The zero-order chi connectivity index (χ0) is 20.9. The molecule has 0 amide bonds. The SMILES string of the molecule is COc1ccccc1C=CC1=NN(c2cccc(Cl)c2)[C@@H](c2ccccc2OC)C1. The van der Waals surface area contributed by atoms with Gasteiger partial charge >= 0.3 is 0 Å². The molecule has 1 aliphatic rings. The summed E-state index contributed by atoms with van der Waals surface area (Å²) in [6.07, 6.45) is 4.84. The van der Waals surface area contributed by atoms with Crippen molar-refractivity contribution in [3.8, 4) is 11.5 Å². The molecule has 1 atom stereocenters. The highest BCUT2D eigenvalue weighted by atomic mass is 35.5. The van der Waals surface area contributed by atoms with Crippen LogP contribution < -0.4 is 14.5 Å².